The molecule has 0 aromatic heterocycles. The summed E-state index contributed by atoms with van der Waals surface area (Å²) in [6.07, 6.45) is 6.36. The lowest BCUT2D eigenvalue weighted by atomic mass is 10.1. The lowest BCUT2D eigenvalue weighted by Gasteiger charge is -2.12. The molecule has 39 heavy (non-hydrogen) atoms. The number of ketones is 2. The van der Waals surface area contributed by atoms with Crippen LogP contribution in [0.4, 0.5) is 0 Å². The maximum Gasteiger partial charge on any atom is 0.253 e. The largest absolute Gasteiger partial charge is 0.370 e. The SMILES string of the molecule is CC(=NCC(=O)CCCCCN1C(=O)C=CC1=O)C(C)C.CC(=NCC(=O)CCSSCCC(N)=O)C(C)C. The van der Waals surface area contributed by atoms with E-state index in [-0.39, 0.29) is 42.4 Å². The van der Waals surface area contributed by atoms with Gasteiger partial charge in [-0.15, -0.1) is 0 Å². The number of primary amides is 1. The van der Waals surface area contributed by atoms with Crippen molar-refractivity contribution in [3.63, 3.8) is 0 Å². The Morgan fingerprint density at radius 1 is 0.769 bits per heavy atom. The highest BCUT2D eigenvalue weighted by atomic mass is 33.1. The Morgan fingerprint density at radius 2 is 1.23 bits per heavy atom. The van der Waals surface area contributed by atoms with Gasteiger partial charge in [-0.25, -0.2) is 0 Å². The summed E-state index contributed by atoms with van der Waals surface area (Å²) < 4.78 is 0. The molecule has 0 spiro atoms. The van der Waals surface area contributed by atoms with Crippen molar-refractivity contribution in [3.8, 4) is 0 Å². The van der Waals surface area contributed by atoms with E-state index in [0.29, 0.717) is 43.4 Å². The average Bonchev–Trinajstić information content (AvgIpc) is 3.19. The second-order valence-electron chi connectivity index (χ2n) is 9.88. The van der Waals surface area contributed by atoms with E-state index in [9.17, 15) is 24.0 Å². The Kier molecular flexibility index (Phi) is 20.3. The summed E-state index contributed by atoms with van der Waals surface area (Å²) >= 11 is 0. The fraction of sp³-hybridized carbons (Fsp3) is 0.679. The van der Waals surface area contributed by atoms with Crippen LogP contribution in [0.2, 0.25) is 0 Å². The molecule has 0 aromatic rings. The molecule has 0 bridgehead atoms. The van der Waals surface area contributed by atoms with Gasteiger partial charge in [0.25, 0.3) is 11.8 Å². The number of rotatable bonds is 19. The van der Waals surface area contributed by atoms with E-state index >= 15 is 0 Å². The van der Waals surface area contributed by atoms with Gasteiger partial charge in [-0.2, -0.15) is 0 Å². The van der Waals surface area contributed by atoms with Crippen LogP contribution >= 0.6 is 21.6 Å². The third-order valence-corrected chi connectivity index (χ3v) is 8.31. The molecular formula is C28H46N4O5S2. The van der Waals surface area contributed by atoms with E-state index < -0.39 is 0 Å². The Balaban J connectivity index is 0.000000751. The van der Waals surface area contributed by atoms with Gasteiger partial charge in [-0.3, -0.25) is 38.9 Å². The molecule has 0 atom stereocenters. The van der Waals surface area contributed by atoms with Crippen LogP contribution in [-0.4, -0.2) is 76.8 Å². The molecule has 0 saturated heterocycles. The topological polar surface area (TPSA) is 139 Å². The minimum Gasteiger partial charge on any atom is -0.370 e. The minimum atomic E-state index is -0.280. The van der Waals surface area contributed by atoms with Crippen molar-refractivity contribution in [2.45, 2.75) is 80.1 Å². The Morgan fingerprint density at radius 3 is 1.69 bits per heavy atom. The van der Waals surface area contributed by atoms with Crippen molar-refractivity contribution >= 4 is 62.3 Å². The minimum absolute atomic E-state index is 0.144. The van der Waals surface area contributed by atoms with E-state index in [4.69, 9.17) is 5.73 Å². The predicted octanol–water partition coefficient (Wildman–Crippen LogP) is 4.48. The first kappa shape index (κ1) is 36.7. The van der Waals surface area contributed by atoms with Crippen LogP contribution in [0, 0.1) is 11.8 Å². The third-order valence-electron chi connectivity index (χ3n) is 5.90. The molecule has 1 rings (SSSR count). The quantitative estimate of drug-likeness (QED) is 0.103. The maximum absolute atomic E-state index is 11.7. The highest BCUT2D eigenvalue weighted by Crippen LogP contribution is 2.22. The van der Waals surface area contributed by atoms with E-state index in [2.05, 4.69) is 37.7 Å². The van der Waals surface area contributed by atoms with Crippen LogP contribution in [0.25, 0.3) is 0 Å². The summed E-state index contributed by atoms with van der Waals surface area (Å²) in [7, 11) is 3.18. The predicted molar refractivity (Wildman–Crippen MR) is 163 cm³/mol. The second kappa shape index (κ2) is 21.5. The average molecular weight is 583 g/mol. The zero-order valence-corrected chi connectivity index (χ0v) is 26.0. The summed E-state index contributed by atoms with van der Waals surface area (Å²) in [6, 6.07) is 0. The Hall–Kier alpha value is -2.27. The Bertz CT molecular complexity index is 896. The zero-order valence-electron chi connectivity index (χ0n) is 24.4. The maximum atomic E-state index is 11.7. The summed E-state index contributed by atoms with van der Waals surface area (Å²) in [6.45, 7) is 13.1. The molecule has 1 heterocycles. The van der Waals surface area contributed by atoms with Crippen molar-refractivity contribution in [1.29, 1.82) is 0 Å². The van der Waals surface area contributed by atoms with Gasteiger partial charge >= 0.3 is 0 Å². The fourth-order valence-corrected chi connectivity index (χ4v) is 4.82. The van der Waals surface area contributed by atoms with Crippen LogP contribution in [0.1, 0.15) is 80.1 Å². The van der Waals surface area contributed by atoms with Crippen LogP contribution in [-0.2, 0) is 24.0 Å². The van der Waals surface area contributed by atoms with Gasteiger partial charge in [-0.05, 0) is 38.5 Å². The van der Waals surface area contributed by atoms with Crippen molar-refractivity contribution in [2.24, 2.45) is 27.6 Å². The monoisotopic (exact) mass is 582 g/mol. The smallest absolute Gasteiger partial charge is 0.253 e. The zero-order chi connectivity index (χ0) is 29.8. The van der Waals surface area contributed by atoms with Gasteiger partial charge in [0.1, 0.15) is 0 Å². The molecule has 3 amide bonds. The number of carbonyl (C=O) groups excluding carboxylic acids is 5. The summed E-state index contributed by atoms with van der Waals surface area (Å²) in [4.78, 5) is 66.0. The van der Waals surface area contributed by atoms with E-state index in [1.807, 2.05) is 13.8 Å². The number of carbonyl (C=O) groups is 5. The van der Waals surface area contributed by atoms with Gasteiger partial charge in [0, 0.05) is 60.9 Å². The standard InChI is InChI=1S/C16H24N2O3.C12H22N2O2S2/c1-12(2)13(3)17-11-14(19)7-5-4-6-10-18-15(20)8-9-16(18)21;1-9(2)10(3)14-8-11(15)4-6-17-18-7-5-12(13)16/h8-9,12H,4-7,10-11H2,1-3H3;9H,4-8H2,1-3H3,(H2,13,16). The highest BCUT2D eigenvalue weighted by molar-refractivity contribution is 8.76. The molecule has 9 nitrogen and oxygen atoms in total. The van der Waals surface area contributed by atoms with E-state index in [1.165, 1.54) is 17.1 Å². The molecule has 1 aliphatic heterocycles. The van der Waals surface area contributed by atoms with Crippen molar-refractivity contribution in [1.82, 2.24) is 4.90 Å². The molecular weight excluding hydrogens is 536 g/mol. The molecule has 0 aliphatic carbocycles. The summed E-state index contributed by atoms with van der Waals surface area (Å²) in [5, 5.41) is 0. The van der Waals surface area contributed by atoms with Crippen molar-refractivity contribution < 1.29 is 24.0 Å². The number of nitrogens with zero attached hydrogens (tertiary/aromatic N) is 3. The molecule has 0 unspecified atom stereocenters. The third kappa shape index (κ3) is 19.4. The summed E-state index contributed by atoms with van der Waals surface area (Å²) in [5.74, 6) is 1.79. The fourth-order valence-electron chi connectivity index (χ4n) is 2.79. The van der Waals surface area contributed by atoms with Crippen molar-refractivity contribution in [2.75, 3.05) is 31.1 Å². The number of imide groups is 1. The summed E-state index contributed by atoms with van der Waals surface area (Å²) in [5.41, 5.74) is 7.04. The molecule has 0 radical (unpaired) electrons. The van der Waals surface area contributed by atoms with E-state index in [0.717, 1.165) is 36.4 Å². The van der Waals surface area contributed by atoms with Gasteiger partial charge < -0.3 is 5.73 Å². The first-order valence-corrected chi connectivity index (χ1v) is 15.9. The molecule has 1 aliphatic rings. The number of unbranched alkanes of at least 4 members (excludes halogenated alkanes) is 2. The van der Waals surface area contributed by atoms with Crippen molar-refractivity contribution in [3.05, 3.63) is 12.2 Å². The van der Waals surface area contributed by atoms with Gasteiger partial charge in [0.05, 0.1) is 13.1 Å². The molecule has 11 heteroatoms. The lowest BCUT2D eigenvalue weighted by molar-refractivity contribution is -0.137. The lowest BCUT2D eigenvalue weighted by Crippen LogP contribution is -2.30. The molecule has 2 N–H and O–H groups in total. The normalized spacial score (nSPS) is 13.8. The number of nitrogens with two attached hydrogens (primary N) is 1. The highest BCUT2D eigenvalue weighted by Gasteiger charge is 2.22. The van der Waals surface area contributed by atoms with Crippen LogP contribution in [0.3, 0.4) is 0 Å². The molecule has 0 aromatic carbocycles. The second-order valence-corrected chi connectivity index (χ2v) is 12.6. The number of aliphatic imine (C=N–C) groups is 2. The van der Waals surface area contributed by atoms with E-state index in [1.54, 1.807) is 21.6 Å². The molecule has 0 fully saturated rings. The molecule has 220 valence electrons. The number of hydrogen-bond donors (Lipinski definition) is 1. The number of hydrogen-bond acceptors (Lipinski definition) is 9. The number of amides is 3. The number of Topliss-reactive ketones (excluding diaryl/α,β-unsaturated/α-hetero) is 2. The van der Waals surface area contributed by atoms with Crippen LogP contribution in [0.15, 0.2) is 22.1 Å². The van der Waals surface area contributed by atoms with Gasteiger partial charge in [0.15, 0.2) is 11.6 Å². The first-order valence-electron chi connectivity index (χ1n) is 13.5. The van der Waals surface area contributed by atoms with Crippen LogP contribution in [0.5, 0.6) is 0 Å². The molecule has 0 saturated carbocycles. The van der Waals surface area contributed by atoms with Gasteiger partial charge in [0.2, 0.25) is 5.91 Å². The van der Waals surface area contributed by atoms with Crippen LogP contribution < -0.4 is 5.73 Å². The van der Waals surface area contributed by atoms with Gasteiger partial charge in [-0.1, -0.05) is 55.7 Å². The first-order chi connectivity index (χ1) is 18.3. The Labute approximate surface area is 241 Å².